The number of nitrogens with one attached hydrogen (secondary N) is 1. The molecule has 1 N–H and O–H groups in total. The Bertz CT molecular complexity index is 1130. The van der Waals surface area contributed by atoms with Crippen molar-refractivity contribution in [3.05, 3.63) is 64.8 Å². The number of halogens is 1. The normalized spacial score (nSPS) is 14.4. The van der Waals surface area contributed by atoms with E-state index in [1.54, 1.807) is 4.68 Å². The van der Waals surface area contributed by atoms with Crippen LogP contribution in [0.2, 0.25) is 5.02 Å². The van der Waals surface area contributed by atoms with E-state index in [9.17, 15) is 9.59 Å². The summed E-state index contributed by atoms with van der Waals surface area (Å²) in [7, 11) is 0. The van der Waals surface area contributed by atoms with Crippen LogP contribution in [0.4, 0.5) is 5.82 Å². The monoisotopic (exact) mass is 450 g/mol. The van der Waals surface area contributed by atoms with Gasteiger partial charge in [0.05, 0.1) is 11.4 Å². The molecule has 0 unspecified atom stereocenters. The van der Waals surface area contributed by atoms with Crippen LogP contribution in [0.25, 0.3) is 16.8 Å². The molecule has 7 heteroatoms. The van der Waals surface area contributed by atoms with Crippen molar-refractivity contribution in [3.8, 4) is 16.8 Å². The Morgan fingerprint density at radius 3 is 2.25 bits per heavy atom. The van der Waals surface area contributed by atoms with Crippen molar-refractivity contribution in [1.29, 1.82) is 0 Å². The molecule has 0 radical (unpaired) electrons. The van der Waals surface area contributed by atoms with Gasteiger partial charge in [-0.3, -0.25) is 9.59 Å². The van der Waals surface area contributed by atoms with Gasteiger partial charge in [0.1, 0.15) is 5.82 Å². The fourth-order valence-electron chi connectivity index (χ4n) is 4.10. The summed E-state index contributed by atoms with van der Waals surface area (Å²) in [5.41, 5.74) is 3.94. The molecule has 32 heavy (non-hydrogen) atoms. The van der Waals surface area contributed by atoms with Crippen LogP contribution in [0.3, 0.4) is 0 Å². The molecule has 0 spiro atoms. The molecule has 0 atom stereocenters. The maximum Gasteiger partial charge on any atom is 0.253 e. The van der Waals surface area contributed by atoms with Gasteiger partial charge in [0.15, 0.2) is 0 Å². The number of likely N-dealkylation sites (tertiary alicyclic amines) is 1. The Kier molecular flexibility index (Phi) is 6.33. The standard InChI is InChI=1S/C25H27ClN4O2/c1-16-12-14-29(15-13-16)25(32)20-6-10-22(11-7-20)30-24(27-18(3)31)23(17(2)28-30)19-4-8-21(26)9-5-19/h4-11,16H,12-15H2,1-3H3,(H,27,31). The van der Waals surface area contributed by atoms with E-state index >= 15 is 0 Å². The highest BCUT2D eigenvalue weighted by molar-refractivity contribution is 6.30. The lowest BCUT2D eigenvalue weighted by Gasteiger charge is -2.30. The van der Waals surface area contributed by atoms with Gasteiger partial charge in [-0.15, -0.1) is 0 Å². The molecule has 0 bridgehead atoms. The molecular weight excluding hydrogens is 424 g/mol. The number of aryl methyl sites for hydroxylation is 1. The highest BCUT2D eigenvalue weighted by atomic mass is 35.5. The van der Waals surface area contributed by atoms with Crippen molar-refractivity contribution in [2.24, 2.45) is 5.92 Å². The fourth-order valence-corrected chi connectivity index (χ4v) is 4.22. The van der Waals surface area contributed by atoms with Crippen LogP contribution in [0.15, 0.2) is 48.5 Å². The number of benzene rings is 2. The van der Waals surface area contributed by atoms with Gasteiger partial charge in [-0.2, -0.15) is 5.10 Å². The molecule has 1 aliphatic heterocycles. The third kappa shape index (κ3) is 4.55. The van der Waals surface area contributed by atoms with Crippen LogP contribution >= 0.6 is 11.6 Å². The SMILES string of the molecule is CC(=O)Nc1c(-c2ccc(Cl)cc2)c(C)nn1-c1ccc(C(=O)N2CCC(C)CC2)cc1. The minimum absolute atomic E-state index is 0.0593. The number of nitrogens with zero attached hydrogens (tertiary/aromatic N) is 3. The van der Waals surface area contributed by atoms with Crippen LogP contribution in [0, 0.1) is 12.8 Å². The van der Waals surface area contributed by atoms with Gasteiger partial charge in [0.2, 0.25) is 5.91 Å². The minimum Gasteiger partial charge on any atom is -0.339 e. The highest BCUT2D eigenvalue weighted by Gasteiger charge is 2.22. The molecule has 1 fully saturated rings. The van der Waals surface area contributed by atoms with Gasteiger partial charge >= 0.3 is 0 Å². The molecular formula is C25H27ClN4O2. The lowest BCUT2D eigenvalue weighted by molar-refractivity contribution is -0.114. The number of amides is 2. The number of carbonyl (C=O) groups excluding carboxylic acids is 2. The number of hydrogen-bond acceptors (Lipinski definition) is 3. The van der Waals surface area contributed by atoms with Crippen molar-refractivity contribution in [2.75, 3.05) is 18.4 Å². The molecule has 2 heterocycles. The van der Waals surface area contributed by atoms with Crippen molar-refractivity contribution in [1.82, 2.24) is 14.7 Å². The third-order valence-electron chi connectivity index (χ3n) is 5.92. The predicted octanol–water partition coefficient (Wildman–Crippen LogP) is 5.33. The van der Waals surface area contributed by atoms with Crippen LogP contribution in [0.1, 0.15) is 42.7 Å². The topological polar surface area (TPSA) is 67.2 Å². The molecule has 2 amide bonds. The summed E-state index contributed by atoms with van der Waals surface area (Å²) in [6, 6.07) is 14.8. The number of hydrogen-bond donors (Lipinski definition) is 1. The van der Waals surface area contributed by atoms with Gasteiger partial charge in [-0.05, 0) is 67.6 Å². The Morgan fingerprint density at radius 2 is 1.66 bits per heavy atom. The number of piperidine rings is 1. The number of anilines is 1. The van der Waals surface area contributed by atoms with E-state index in [1.807, 2.05) is 60.4 Å². The first kappa shape index (κ1) is 22.1. The first-order valence-corrected chi connectivity index (χ1v) is 11.2. The zero-order chi connectivity index (χ0) is 22.8. The summed E-state index contributed by atoms with van der Waals surface area (Å²) in [5.74, 6) is 1.13. The second-order valence-electron chi connectivity index (χ2n) is 8.43. The molecule has 1 aromatic heterocycles. The van der Waals surface area contributed by atoms with E-state index in [2.05, 4.69) is 17.3 Å². The van der Waals surface area contributed by atoms with Crippen molar-refractivity contribution in [2.45, 2.75) is 33.6 Å². The molecule has 1 aliphatic rings. The smallest absolute Gasteiger partial charge is 0.253 e. The van der Waals surface area contributed by atoms with Gasteiger partial charge in [-0.1, -0.05) is 30.7 Å². The zero-order valence-electron chi connectivity index (χ0n) is 18.6. The average molecular weight is 451 g/mol. The lowest BCUT2D eigenvalue weighted by atomic mass is 9.98. The van der Waals surface area contributed by atoms with Gasteiger partial charge in [0, 0.05) is 36.2 Å². The van der Waals surface area contributed by atoms with Crippen LogP contribution in [0.5, 0.6) is 0 Å². The molecule has 0 aliphatic carbocycles. The fraction of sp³-hybridized carbons (Fsp3) is 0.320. The van der Waals surface area contributed by atoms with Crippen LogP contribution in [-0.2, 0) is 4.79 Å². The summed E-state index contributed by atoms with van der Waals surface area (Å²) in [6.07, 6.45) is 2.09. The number of aromatic nitrogens is 2. The molecule has 6 nitrogen and oxygen atoms in total. The second-order valence-corrected chi connectivity index (χ2v) is 8.87. The first-order valence-electron chi connectivity index (χ1n) is 10.9. The van der Waals surface area contributed by atoms with Gasteiger partial charge in [-0.25, -0.2) is 4.68 Å². The van der Waals surface area contributed by atoms with E-state index in [1.165, 1.54) is 6.92 Å². The molecule has 0 saturated carbocycles. The van der Waals surface area contributed by atoms with Crippen molar-refractivity contribution < 1.29 is 9.59 Å². The number of carbonyl (C=O) groups is 2. The number of rotatable bonds is 4. The van der Waals surface area contributed by atoms with E-state index in [0.717, 1.165) is 48.4 Å². The minimum atomic E-state index is -0.188. The molecule has 4 rings (SSSR count). The Morgan fingerprint density at radius 1 is 1.03 bits per heavy atom. The first-order chi connectivity index (χ1) is 15.3. The summed E-state index contributed by atoms with van der Waals surface area (Å²) >= 11 is 6.05. The molecule has 1 saturated heterocycles. The largest absolute Gasteiger partial charge is 0.339 e. The maximum atomic E-state index is 12.9. The van der Waals surface area contributed by atoms with Gasteiger partial charge < -0.3 is 10.2 Å². The highest BCUT2D eigenvalue weighted by Crippen LogP contribution is 2.34. The Hall–Kier alpha value is -3.12. The van der Waals surface area contributed by atoms with E-state index in [-0.39, 0.29) is 11.8 Å². The molecule has 3 aromatic rings. The summed E-state index contributed by atoms with van der Waals surface area (Å²) < 4.78 is 1.71. The molecule has 166 valence electrons. The Balaban J connectivity index is 1.67. The summed E-state index contributed by atoms with van der Waals surface area (Å²) in [4.78, 5) is 26.8. The van der Waals surface area contributed by atoms with E-state index < -0.39 is 0 Å². The van der Waals surface area contributed by atoms with E-state index in [0.29, 0.717) is 22.3 Å². The third-order valence-corrected chi connectivity index (χ3v) is 6.17. The lowest BCUT2D eigenvalue weighted by Crippen LogP contribution is -2.37. The maximum absolute atomic E-state index is 12.9. The van der Waals surface area contributed by atoms with Crippen LogP contribution in [-0.4, -0.2) is 39.6 Å². The molecule has 2 aromatic carbocycles. The quantitative estimate of drug-likeness (QED) is 0.584. The van der Waals surface area contributed by atoms with Crippen LogP contribution < -0.4 is 5.32 Å². The predicted molar refractivity (Wildman–Crippen MR) is 127 cm³/mol. The zero-order valence-corrected chi connectivity index (χ0v) is 19.3. The van der Waals surface area contributed by atoms with E-state index in [4.69, 9.17) is 11.6 Å². The van der Waals surface area contributed by atoms with Crippen molar-refractivity contribution in [3.63, 3.8) is 0 Å². The van der Waals surface area contributed by atoms with Crippen molar-refractivity contribution >= 4 is 29.2 Å². The summed E-state index contributed by atoms with van der Waals surface area (Å²) in [6.45, 7) is 7.21. The van der Waals surface area contributed by atoms with Gasteiger partial charge in [0.25, 0.3) is 5.91 Å². The summed E-state index contributed by atoms with van der Waals surface area (Å²) in [5, 5.41) is 8.24. The second kappa shape index (κ2) is 9.17. The average Bonchev–Trinajstić information content (AvgIpc) is 3.09. The Labute approximate surface area is 193 Å².